The number of fused-ring (bicyclic) bond motifs is 1. The fourth-order valence-corrected chi connectivity index (χ4v) is 1.95. The largest absolute Gasteiger partial charge is 0.496 e. The SMILES string of the molecule is COc1ccccc1-c1cn2c(O)cc(N)nc2n1. The molecule has 2 heterocycles. The van der Waals surface area contributed by atoms with Crippen LogP contribution in [0.1, 0.15) is 0 Å². The predicted octanol–water partition coefficient (Wildman–Crippen LogP) is 1.69. The highest BCUT2D eigenvalue weighted by molar-refractivity contribution is 5.69. The number of aromatic nitrogens is 3. The van der Waals surface area contributed by atoms with Gasteiger partial charge in [0.1, 0.15) is 11.6 Å². The monoisotopic (exact) mass is 256 g/mol. The quantitative estimate of drug-likeness (QED) is 0.728. The summed E-state index contributed by atoms with van der Waals surface area (Å²) in [4.78, 5) is 8.41. The molecule has 0 aliphatic carbocycles. The van der Waals surface area contributed by atoms with Gasteiger partial charge in [-0.15, -0.1) is 0 Å². The van der Waals surface area contributed by atoms with Crippen LogP contribution in [0.15, 0.2) is 36.5 Å². The highest BCUT2D eigenvalue weighted by Crippen LogP contribution is 2.29. The molecule has 3 rings (SSSR count). The molecule has 1 aromatic carbocycles. The maximum atomic E-state index is 9.81. The first kappa shape index (κ1) is 11.3. The van der Waals surface area contributed by atoms with Gasteiger partial charge in [-0.2, -0.15) is 4.98 Å². The van der Waals surface area contributed by atoms with Crippen LogP contribution in [0.5, 0.6) is 11.6 Å². The van der Waals surface area contributed by atoms with Gasteiger partial charge in [-0.3, -0.25) is 4.40 Å². The number of methoxy groups -OCH3 is 1. The van der Waals surface area contributed by atoms with Crippen LogP contribution in [0.3, 0.4) is 0 Å². The summed E-state index contributed by atoms with van der Waals surface area (Å²) in [6, 6.07) is 8.89. The molecule has 3 aromatic rings. The normalized spacial score (nSPS) is 10.8. The molecule has 0 saturated carbocycles. The molecule has 0 aliphatic heterocycles. The van der Waals surface area contributed by atoms with Crippen molar-refractivity contribution in [1.29, 1.82) is 0 Å². The zero-order chi connectivity index (χ0) is 13.4. The molecular formula is C13H12N4O2. The van der Waals surface area contributed by atoms with E-state index in [9.17, 15) is 5.11 Å². The minimum absolute atomic E-state index is 0.00357. The van der Waals surface area contributed by atoms with Gasteiger partial charge in [-0.25, -0.2) is 4.98 Å². The molecule has 0 atom stereocenters. The van der Waals surface area contributed by atoms with Gasteiger partial charge in [0.15, 0.2) is 0 Å². The van der Waals surface area contributed by atoms with Crippen molar-refractivity contribution >= 4 is 11.6 Å². The molecule has 19 heavy (non-hydrogen) atoms. The Hall–Kier alpha value is -2.76. The van der Waals surface area contributed by atoms with Crippen molar-refractivity contribution < 1.29 is 9.84 Å². The first-order chi connectivity index (χ1) is 9.19. The van der Waals surface area contributed by atoms with Crippen molar-refractivity contribution in [3.63, 3.8) is 0 Å². The van der Waals surface area contributed by atoms with E-state index in [4.69, 9.17) is 10.5 Å². The van der Waals surface area contributed by atoms with E-state index in [0.717, 1.165) is 5.56 Å². The minimum atomic E-state index is -0.00357. The summed E-state index contributed by atoms with van der Waals surface area (Å²) >= 11 is 0. The van der Waals surface area contributed by atoms with Gasteiger partial charge in [-0.1, -0.05) is 12.1 Å². The molecule has 2 aromatic heterocycles. The fraction of sp³-hybridized carbons (Fsp3) is 0.0769. The van der Waals surface area contributed by atoms with E-state index in [0.29, 0.717) is 17.2 Å². The summed E-state index contributed by atoms with van der Waals surface area (Å²) in [6.07, 6.45) is 1.69. The number of nitrogens with two attached hydrogens (primary N) is 1. The number of aromatic hydroxyl groups is 1. The lowest BCUT2D eigenvalue weighted by atomic mass is 10.1. The molecule has 0 saturated heterocycles. The van der Waals surface area contributed by atoms with Crippen LogP contribution >= 0.6 is 0 Å². The third-order valence-electron chi connectivity index (χ3n) is 2.82. The lowest BCUT2D eigenvalue weighted by Gasteiger charge is -2.04. The van der Waals surface area contributed by atoms with Crippen molar-refractivity contribution in [1.82, 2.24) is 14.4 Å². The Morgan fingerprint density at radius 1 is 1.26 bits per heavy atom. The molecule has 0 amide bonds. The number of benzene rings is 1. The standard InChI is InChI=1S/C13H12N4O2/c1-19-10-5-3-2-4-8(10)9-7-17-12(18)6-11(14)16-13(17)15-9/h2-7,18H,1H3,(H2,14,15,16). The lowest BCUT2D eigenvalue weighted by molar-refractivity contribution is 0.416. The number of hydrogen-bond donors (Lipinski definition) is 2. The van der Waals surface area contributed by atoms with Crippen molar-refractivity contribution in [3.8, 4) is 22.9 Å². The summed E-state index contributed by atoms with van der Waals surface area (Å²) in [6.45, 7) is 0. The second-order valence-corrected chi connectivity index (χ2v) is 4.04. The van der Waals surface area contributed by atoms with E-state index in [-0.39, 0.29) is 11.7 Å². The molecular weight excluding hydrogens is 244 g/mol. The van der Waals surface area contributed by atoms with Crippen LogP contribution in [0.2, 0.25) is 0 Å². The smallest absolute Gasteiger partial charge is 0.239 e. The second-order valence-electron chi connectivity index (χ2n) is 4.04. The number of imidazole rings is 1. The number of anilines is 1. The summed E-state index contributed by atoms with van der Waals surface area (Å²) < 4.78 is 6.76. The van der Waals surface area contributed by atoms with Gasteiger partial charge in [-0.05, 0) is 12.1 Å². The third-order valence-corrected chi connectivity index (χ3v) is 2.82. The van der Waals surface area contributed by atoms with Gasteiger partial charge in [0.25, 0.3) is 0 Å². The van der Waals surface area contributed by atoms with Gasteiger partial charge in [0, 0.05) is 17.8 Å². The highest BCUT2D eigenvalue weighted by Gasteiger charge is 2.12. The van der Waals surface area contributed by atoms with Crippen LogP contribution in [0, 0.1) is 0 Å². The fourth-order valence-electron chi connectivity index (χ4n) is 1.95. The van der Waals surface area contributed by atoms with Gasteiger partial charge in [0.05, 0.1) is 12.8 Å². The molecule has 0 aliphatic rings. The van der Waals surface area contributed by atoms with E-state index in [1.165, 1.54) is 10.5 Å². The number of hydrogen-bond acceptors (Lipinski definition) is 5. The van der Waals surface area contributed by atoms with Gasteiger partial charge in [0.2, 0.25) is 11.7 Å². The Balaban J connectivity index is 2.23. The summed E-state index contributed by atoms with van der Waals surface area (Å²) in [5.41, 5.74) is 7.07. The van der Waals surface area contributed by atoms with Crippen molar-refractivity contribution in [2.75, 3.05) is 12.8 Å². The van der Waals surface area contributed by atoms with Gasteiger partial charge < -0.3 is 15.6 Å². The maximum Gasteiger partial charge on any atom is 0.239 e. The maximum absolute atomic E-state index is 9.81. The van der Waals surface area contributed by atoms with Crippen LogP contribution in [-0.2, 0) is 0 Å². The van der Waals surface area contributed by atoms with Crippen molar-refractivity contribution in [3.05, 3.63) is 36.5 Å². The Labute approximate surface area is 109 Å². The number of ether oxygens (including phenoxy) is 1. The molecule has 0 fully saturated rings. The van der Waals surface area contributed by atoms with E-state index in [2.05, 4.69) is 9.97 Å². The zero-order valence-corrected chi connectivity index (χ0v) is 10.2. The highest BCUT2D eigenvalue weighted by atomic mass is 16.5. The molecule has 3 N–H and O–H groups in total. The van der Waals surface area contributed by atoms with E-state index < -0.39 is 0 Å². The van der Waals surface area contributed by atoms with Crippen LogP contribution in [0.4, 0.5) is 5.82 Å². The number of nitrogen functional groups attached to an aromatic ring is 1. The topological polar surface area (TPSA) is 85.7 Å². The Morgan fingerprint density at radius 2 is 2.05 bits per heavy atom. The van der Waals surface area contributed by atoms with E-state index in [1.807, 2.05) is 24.3 Å². The lowest BCUT2D eigenvalue weighted by Crippen LogP contribution is -1.94. The zero-order valence-electron chi connectivity index (χ0n) is 10.2. The van der Waals surface area contributed by atoms with Crippen molar-refractivity contribution in [2.24, 2.45) is 0 Å². The predicted molar refractivity (Wildman–Crippen MR) is 71.1 cm³/mol. The van der Waals surface area contributed by atoms with E-state index in [1.54, 1.807) is 13.3 Å². The minimum Gasteiger partial charge on any atom is -0.496 e. The summed E-state index contributed by atoms with van der Waals surface area (Å²) in [5, 5.41) is 9.81. The molecule has 0 radical (unpaired) electrons. The Morgan fingerprint density at radius 3 is 2.84 bits per heavy atom. The second kappa shape index (κ2) is 4.16. The van der Waals surface area contributed by atoms with Crippen LogP contribution in [0.25, 0.3) is 17.0 Å². The Bertz CT molecular complexity index is 751. The van der Waals surface area contributed by atoms with E-state index >= 15 is 0 Å². The molecule has 6 heteroatoms. The van der Waals surface area contributed by atoms with Crippen LogP contribution in [-0.4, -0.2) is 26.6 Å². The first-order valence-electron chi connectivity index (χ1n) is 5.67. The number of para-hydroxylation sites is 1. The molecule has 96 valence electrons. The number of nitrogens with zero attached hydrogens (tertiary/aromatic N) is 3. The molecule has 6 nitrogen and oxygen atoms in total. The average molecular weight is 256 g/mol. The van der Waals surface area contributed by atoms with Crippen LogP contribution < -0.4 is 10.5 Å². The average Bonchev–Trinajstić information content (AvgIpc) is 2.82. The molecule has 0 unspecified atom stereocenters. The Kier molecular flexibility index (Phi) is 2.49. The number of rotatable bonds is 2. The van der Waals surface area contributed by atoms with Crippen molar-refractivity contribution in [2.45, 2.75) is 0 Å². The molecule has 0 spiro atoms. The third kappa shape index (κ3) is 1.83. The summed E-state index contributed by atoms with van der Waals surface area (Å²) in [7, 11) is 1.60. The molecule has 0 bridgehead atoms. The van der Waals surface area contributed by atoms with Gasteiger partial charge >= 0.3 is 0 Å². The summed E-state index contributed by atoms with van der Waals surface area (Å²) in [5.74, 6) is 1.27. The first-order valence-corrected chi connectivity index (χ1v) is 5.67.